The maximum Gasteiger partial charge on any atom is 0.510 e. The second kappa shape index (κ2) is 9.78. The van der Waals surface area contributed by atoms with Crippen molar-refractivity contribution in [3.05, 3.63) is 12.7 Å². The normalized spacial score (nSPS) is 14.8. The van der Waals surface area contributed by atoms with Crippen LogP contribution in [0.5, 0.6) is 0 Å². The van der Waals surface area contributed by atoms with Crippen LogP contribution in [0.3, 0.4) is 0 Å². The van der Waals surface area contributed by atoms with Crippen molar-refractivity contribution in [2.45, 2.75) is 39.5 Å². The van der Waals surface area contributed by atoms with Crippen molar-refractivity contribution in [1.82, 2.24) is 19.5 Å². The summed E-state index contributed by atoms with van der Waals surface area (Å²) >= 11 is 0. The molecular weight excluding hydrogens is 393 g/mol. The fourth-order valence-electron chi connectivity index (χ4n) is 2.04. The molecule has 156 valence electrons. The van der Waals surface area contributed by atoms with E-state index < -0.39 is 20.5 Å². The average Bonchev–Trinajstić information content (AvgIpc) is 2.98. The number of imidazole rings is 1. The van der Waals surface area contributed by atoms with Crippen molar-refractivity contribution in [3.63, 3.8) is 0 Å². The fourth-order valence-corrected chi connectivity index (χ4v) is 2.61. The van der Waals surface area contributed by atoms with Crippen LogP contribution in [0.2, 0.25) is 0 Å². The van der Waals surface area contributed by atoms with Crippen molar-refractivity contribution in [2.75, 3.05) is 26.0 Å². The lowest BCUT2D eigenvalue weighted by atomic mass is 10.4. The van der Waals surface area contributed by atoms with Crippen LogP contribution in [-0.4, -0.2) is 58.1 Å². The number of nitrogens with zero attached hydrogens (tertiary/aromatic N) is 4. The summed E-state index contributed by atoms with van der Waals surface area (Å²) in [4.78, 5) is 23.4. The fraction of sp³-hybridized carbons (Fsp3) is 0.600. The zero-order valence-electron chi connectivity index (χ0n) is 16.1. The Hall–Kier alpha value is -2.27. The number of ether oxygens (including phenoxy) is 3. The Kier molecular flexibility index (Phi) is 7.69. The second-order valence-electron chi connectivity index (χ2n) is 6.13. The Bertz CT molecular complexity index is 843. The van der Waals surface area contributed by atoms with E-state index in [0.717, 1.165) is 0 Å². The third kappa shape index (κ3) is 6.71. The molecular formula is C15H24N5O7P. The first-order valence-electron chi connectivity index (χ1n) is 8.41. The van der Waals surface area contributed by atoms with Crippen LogP contribution >= 0.6 is 7.60 Å². The molecule has 0 saturated heterocycles. The number of nitrogens with two attached hydrogens (primary N) is 1. The molecule has 28 heavy (non-hydrogen) atoms. The molecule has 2 heterocycles. The van der Waals surface area contributed by atoms with E-state index in [0.29, 0.717) is 23.5 Å². The molecule has 2 atom stereocenters. The van der Waals surface area contributed by atoms with Gasteiger partial charge in [-0.3, -0.25) is 13.6 Å². The Morgan fingerprint density at radius 1 is 1.21 bits per heavy atom. The van der Waals surface area contributed by atoms with E-state index in [4.69, 9.17) is 24.3 Å². The summed E-state index contributed by atoms with van der Waals surface area (Å²) in [5.41, 5.74) is 6.84. The Morgan fingerprint density at radius 2 is 1.93 bits per heavy atom. The summed E-state index contributed by atoms with van der Waals surface area (Å²) in [7, 11) is -3.47. The van der Waals surface area contributed by atoms with Crippen molar-refractivity contribution in [1.29, 1.82) is 0 Å². The smallest absolute Gasteiger partial charge is 0.432 e. The molecule has 0 aromatic carbocycles. The first kappa shape index (κ1) is 22.0. The Morgan fingerprint density at radius 3 is 2.64 bits per heavy atom. The summed E-state index contributed by atoms with van der Waals surface area (Å²) in [6.45, 7) is 5.95. The summed E-state index contributed by atoms with van der Waals surface area (Å²) in [6.07, 6.45) is 1.37. The van der Waals surface area contributed by atoms with Gasteiger partial charge in [0.15, 0.2) is 18.3 Å². The van der Waals surface area contributed by atoms with Gasteiger partial charge in [0.1, 0.15) is 11.8 Å². The van der Waals surface area contributed by atoms with Gasteiger partial charge in [-0.05, 0) is 20.8 Å². The summed E-state index contributed by atoms with van der Waals surface area (Å²) < 4.78 is 38.8. The number of carbonyl (C=O) groups is 1. The van der Waals surface area contributed by atoms with Crippen LogP contribution in [0, 0.1) is 0 Å². The van der Waals surface area contributed by atoms with Gasteiger partial charge in [0, 0.05) is 6.66 Å². The molecule has 1 unspecified atom stereocenters. The van der Waals surface area contributed by atoms with Gasteiger partial charge in [0.05, 0.1) is 25.1 Å². The SMILES string of the molecule is CC(C)OC(=O)OCOP(C)(=O)OCO[C@H](C)Cn1cnc2c(N)ncnc21. The Labute approximate surface area is 161 Å². The van der Waals surface area contributed by atoms with Crippen LogP contribution in [0.25, 0.3) is 11.2 Å². The van der Waals surface area contributed by atoms with E-state index >= 15 is 0 Å². The third-order valence-electron chi connectivity index (χ3n) is 3.32. The predicted molar refractivity (Wildman–Crippen MR) is 98.4 cm³/mol. The van der Waals surface area contributed by atoms with Crippen LogP contribution in [0.15, 0.2) is 12.7 Å². The molecule has 0 bridgehead atoms. The quantitative estimate of drug-likeness (QED) is 0.344. The number of carbonyl (C=O) groups excluding carboxylic acids is 1. The minimum Gasteiger partial charge on any atom is -0.432 e. The molecule has 0 aliphatic carbocycles. The van der Waals surface area contributed by atoms with Crippen LogP contribution in [0.1, 0.15) is 20.8 Å². The van der Waals surface area contributed by atoms with Gasteiger partial charge in [0.25, 0.3) is 0 Å². The zero-order chi connectivity index (χ0) is 20.7. The summed E-state index contributed by atoms with van der Waals surface area (Å²) in [5, 5.41) is 0. The van der Waals surface area contributed by atoms with Gasteiger partial charge >= 0.3 is 13.8 Å². The van der Waals surface area contributed by atoms with Gasteiger partial charge < -0.3 is 24.5 Å². The van der Waals surface area contributed by atoms with Gasteiger partial charge in [-0.15, -0.1) is 0 Å². The van der Waals surface area contributed by atoms with Crippen molar-refractivity contribution >= 4 is 30.7 Å². The topological polar surface area (TPSA) is 150 Å². The average molecular weight is 417 g/mol. The number of hydrogen-bond acceptors (Lipinski definition) is 11. The lowest BCUT2D eigenvalue weighted by Gasteiger charge is -2.17. The zero-order valence-corrected chi connectivity index (χ0v) is 17.0. The maximum atomic E-state index is 12.1. The highest BCUT2D eigenvalue weighted by Crippen LogP contribution is 2.43. The minimum absolute atomic E-state index is 0.283. The van der Waals surface area contributed by atoms with Gasteiger partial charge in [-0.1, -0.05) is 0 Å². The molecule has 0 saturated carbocycles. The number of rotatable bonds is 10. The number of hydrogen-bond donors (Lipinski definition) is 1. The van der Waals surface area contributed by atoms with E-state index in [1.807, 2.05) is 0 Å². The van der Waals surface area contributed by atoms with Crippen LogP contribution < -0.4 is 5.73 Å². The van der Waals surface area contributed by atoms with Gasteiger partial charge in [0.2, 0.25) is 6.79 Å². The number of anilines is 1. The Balaban J connectivity index is 1.73. The first-order valence-corrected chi connectivity index (χ1v) is 10.4. The van der Waals surface area contributed by atoms with Crippen molar-refractivity contribution < 1.29 is 32.6 Å². The summed E-state index contributed by atoms with van der Waals surface area (Å²) in [5.74, 6) is 0.296. The van der Waals surface area contributed by atoms with Crippen molar-refractivity contribution in [3.8, 4) is 0 Å². The molecule has 0 aliphatic rings. The lowest BCUT2D eigenvalue weighted by molar-refractivity contribution is -0.0505. The maximum absolute atomic E-state index is 12.1. The van der Waals surface area contributed by atoms with E-state index in [9.17, 15) is 9.36 Å². The highest BCUT2D eigenvalue weighted by atomic mass is 31.2. The van der Waals surface area contributed by atoms with Gasteiger partial charge in [-0.2, -0.15) is 0 Å². The third-order valence-corrected chi connectivity index (χ3v) is 4.47. The van der Waals surface area contributed by atoms with Crippen LogP contribution in [0.4, 0.5) is 10.6 Å². The summed E-state index contributed by atoms with van der Waals surface area (Å²) in [6, 6.07) is 0. The molecule has 2 N–H and O–H groups in total. The molecule has 12 nitrogen and oxygen atoms in total. The second-order valence-corrected chi connectivity index (χ2v) is 8.19. The lowest BCUT2D eigenvalue weighted by Crippen LogP contribution is -2.18. The van der Waals surface area contributed by atoms with E-state index in [1.54, 1.807) is 31.7 Å². The molecule has 2 aromatic rings. The van der Waals surface area contributed by atoms with Gasteiger partial charge in [-0.25, -0.2) is 19.7 Å². The molecule has 0 spiro atoms. The molecule has 2 rings (SSSR count). The largest absolute Gasteiger partial charge is 0.510 e. The molecule has 13 heteroatoms. The first-order chi connectivity index (χ1) is 13.2. The van der Waals surface area contributed by atoms with Crippen molar-refractivity contribution in [2.24, 2.45) is 0 Å². The number of aromatic nitrogens is 4. The molecule has 0 fully saturated rings. The molecule has 0 aliphatic heterocycles. The number of nitrogen functional groups attached to an aromatic ring is 1. The van der Waals surface area contributed by atoms with E-state index in [2.05, 4.69) is 19.7 Å². The van der Waals surface area contributed by atoms with Crippen LogP contribution in [-0.2, 0) is 34.4 Å². The predicted octanol–water partition coefficient (Wildman–Crippen LogP) is 2.15. The number of fused-ring (bicyclic) bond motifs is 1. The standard InChI is InChI=1S/C15H24N5O7P/c1-10(2)27-15(21)24-9-26-28(4,22)25-8-23-11(3)5-20-7-19-12-13(16)17-6-18-14(12)20/h6-7,10-11H,5,8-9H2,1-4H3,(H2,16,17,18)/t11-,28?/m1/s1. The highest BCUT2D eigenvalue weighted by Gasteiger charge is 2.19. The molecule has 0 radical (unpaired) electrons. The van der Waals surface area contributed by atoms with E-state index in [-0.39, 0.29) is 19.0 Å². The monoisotopic (exact) mass is 417 g/mol. The highest BCUT2D eigenvalue weighted by molar-refractivity contribution is 7.52. The minimum atomic E-state index is -3.47. The van der Waals surface area contributed by atoms with E-state index in [1.165, 1.54) is 13.0 Å². The molecule has 2 aromatic heterocycles. The molecule has 0 amide bonds.